The Bertz CT molecular complexity index is 651. The first-order chi connectivity index (χ1) is 10.7. The Balaban J connectivity index is 1.43. The third-order valence-corrected chi connectivity index (χ3v) is 4.50. The van der Waals surface area contributed by atoms with Gasteiger partial charge in [-0.1, -0.05) is 5.16 Å². The molecule has 0 atom stereocenters. The molecule has 1 aliphatic carbocycles. The van der Waals surface area contributed by atoms with Gasteiger partial charge in [0.05, 0.1) is 0 Å². The Hall–Kier alpha value is -1.98. The lowest BCUT2D eigenvalue weighted by atomic mass is 9.96. The van der Waals surface area contributed by atoms with E-state index < -0.39 is 0 Å². The Morgan fingerprint density at radius 2 is 1.64 bits per heavy atom. The molecule has 6 nitrogen and oxygen atoms in total. The van der Waals surface area contributed by atoms with Crippen LogP contribution in [0.2, 0.25) is 0 Å². The average molecular weight is 299 g/mol. The van der Waals surface area contributed by atoms with Crippen LogP contribution in [0.1, 0.15) is 60.6 Å². The number of aromatic nitrogens is 4. The highest BCUT2D eigenvalue weighted by Gasteiger charge is 2.32. The standard InChI is InChI=1S/C16H21N5O/c1-10-9-11(2)18-16(17-10)21-7-5-12(6-8-21)14-19-15(22-20-14)13-3-4-13/h9,12-13H,3-8H2,1-2H3. The Kier molecular flexibility index (Phi) is 3.32. The molecule has 0 unspecified atom stereocenters. The zero-order valence-corrected chi connectivity index (χ0v) is 13.1. The van der Waals surface area contributed by atoms with E-state index in [0.717, 1.165) is 55.0 Å². The lowest BCUT2D eigenvalue weighted by Gasteiger charge is -2.30. The first-order valence-electron chi connectivity index (χ1n) is 8.10. The molecule has 0 bridgehead atoms. The van der Waals surface area contributed by atoms with E-state index in [1.807, 2.05) is 19.9 Å². The average Bonchev–Trinajstić information content (AvgIpc) is 3.24. The van der Waals surface area contributed by atoms with Gasteiger partial charge in [0, 0.05) is 36.3 Å². The lowest BCUT2D eigenvalue weighted by molar-refractivity contribution is 0.364. The van der Waals surface area contributed by atoms with Crippen LogP contribution in [-0.4, -0.2) is 33.2 Å². The number of piperidine rings is 1. The maximum atomic E-state index is 5.39. The molecule has 0 N–H and O–H groups in total. The van der Waals surface area contributed by atoms with E-state index >= 15 is 0 Å². The molecule has 0 spiro atoms. The number of aryl methyl sites for hydroxylation is 2. The first-order valence-corrected chi connectivity index (χ1v) is 8.10. The molecule has 22 heavy (non-hydrogen) atoms. The maximum Gasteiger partial charge on any atom is 0.229 e. The number of anilines is 1. The molecule has 2 aliphatic rings. The maximum absolute atomic E-state index is 5.39. The molecule has 0 amide bonds. The summed E-state index contributed by atoms with van der Waals surface area (Å²) >= 11 is 0. The molecule has 1 saturated heterocycles. The molecular weight excluding hydrogens is 278 g/mol. The third-order valence-electron chi connectivity index (χ3n) is 4.50. The van der Waals surface area contributed by atoms with Crippen molar-refractivity contribution in [3.63, 3.8) is 0 Å². The highest BCUT2D eigenvalue weighted by atomic mass is 16.5. The second-order valence-corrected chi connectivity index (χ2v) is 6.48. The van der Waals surface area contributed by atoms with E-state index in [0.29, 0.717) is 11.8 Å². The van der Waals surface area contributed by atoms with Gasteiger partial charge in [0.15, 0.2) is 5.82 Å². The van der Waals surface area contributed by atoms with E-state index in [9.17, 15) is 0 Å². The van der Waals surface area contributed by atoms with E-state index in [1.165, 1.54) is 12.8 Å². The van der Waals surface area contributed by atoms with Gasteiger partial charge >= 0.3 is 0 Å². The summed E-state index contributed by atoms with van der Waals surface area (Å²) in [4.78, 5) is 16.0. The van der Waals surface area contributed by atoms with Gasteiger partial charge in [0.25, 0.3) is 0 Å². The minimum atomic E-state index is 0.401. The lowest BCUT2D eigenvalue weighted by Crippen LogP contribution is -2.34. The van der Waals surface area contributed by atoms with E-state index in [4.69, 9.17) is 4.52 Å². The molecule has 116 valence electrons. The molecule has 2 aromatic heterocycles. The molecule has 1 aliphatic heterocycles. The normalized spacial score (nSPS) is 19.6. The summed E-state index contributed by atoms with van der Waals surface area (Å²) in [5.74, 6) is 3.52. The third kappa shape index (κ3) is 2.69. The van der Waals surface area contributed by atoms with Crippen molar-refractivity contribution in [2.45, 2.75) is 51.4 Å². The van der Waals surface area contributed by atoms with Crippen LogP contribution in [0.5, 0.6) is 0 Å². The summed E-state index contributed by atoms with van der Waals surface area (Å²) in [6.45, 7) is 5.93. The Labute approximate surface area is 130 Å². The summed E-state index contributed by atoms with van der Waals surface area (Å²) in [7, 11) is 0. The van der Waals surface area contributed by atoms with Crippen LogP contribution >= 0.6 is 0 Å². The largest absolute Gasteiger partial charge is 0.341 e. The SMILES string of the molecule is Cc1cc(C)nc(N2CCC(c3noc(C4CC4)n3)CC2)n1. The molecule has 0 radical (unpaired) electrons. The van der Waals surface area contributed by atoms with E-state index in [-0.39, 0.29) is 0 Å². The Morgan fingerprint density at radius 1 is 0.955 bits per heavy atom. The smallest absolute Gasteiger partial charge is 0.229 e. The highest BCUT2D eigenvalue weighted by molar-refractivity contribution is 5.33. The van der Waals surface area contributed by atoms with Crippen molar-refractivity contribution >= 4 is 5.95 Å². The Morgan fingerprint density at radius 3 is 2.27 bits per heavy atom. The summed E-state index contributed by atoms with van der Waals surface area (Å²) in [5, 5.41) is 4.19. The minimum Gasteiger partial charge on any atom is -0.341 e. The summed E-state index contributed by atoms with van der Waals surface area (Å²) in [6.07, 6.45) is 4.45. The fraction of sp³-hybridized carbons (Fsp3) is 0.625. The van der Waals surface area contributed by atoms with Gasteiger partial charge in [0.1, 0.15) is 0 Å². The second-order valence-electron chi connectivity index (χ2n) is 6.48. The van der Waals surface area contributed by atoms with Gasteiger partial charge in [-0.05, 0) is 45.6 Å². The quantitative estimate of drug-likeness (QED) is 0.868. The number of hydrogen-bond acceptors (Lipinski definition) is 6. The molecule has 3 heterocycles. The minimum absolute atomic E-state index is 0.401. The van der Waals surface area contributed by atoms with Gasteiger partial charge < -0.3 is 9.42 Å². The van der Waals surface area contributed by atoms with Crippen LogP contribution in [0.25, 0.3) is 0 Å². The molecule has 2 fully saturated rings. The molecule has 4 rings (SSSR count). The van der Waals surface area contributed by atoms with Gasteiger partial charge in [-0.15, -0.1) is 0 Å². The topological polar surface area (TPSA) is 67.9 Å². The van der Waals surface area contributed by atoms with E-state index in [1.54, 1.807) is 0 Å². The molecular formula is C16H21N5O. The van der Waals surface area contributed by atoms with Crippen molar-refractivity contribution in [2.75, 3.05) is 18.0 Å². The molecule has 2 aromatic rings. The van der Waals surface area contributed by atoms with Gasteiger partial charge in [0.2, 0.25) is 11.8 Å². The predicted octanol–water partition coefficient (Wildman–Crippen LogP) is 2.74. The van der Waals surface area contributed by atoms with Crippen LogP contribution in [-0.2, 0) is 0 Å². The van der Waals surface area contributed by atoms with Crippen LogP contribution in [0.4, 0.5) is 5.95 Å². The van der Waals surface area contributed by atoms with Gasteiger partial charge in [-0.2, -0.15) is 4.98 Å². The fourth-order valence-electron chi connectivity index (χ4n) is 3.10. The molecule has 6 heteroatoms. The van der Waals surface area contributed by atoms with Crippen LogP contribution < -0.4 is 4.90 Å². The van der Waals surface area contributed by atoms with Crippen molar-refractivity contribution in [1.29, 1.82) is 0 Å². The first kappa shape index (κ1) is 13.7. The van der Waals surface area contributed by atoms with Gasteiger partial charge in [-0.3, -0.25) is 0 Å². The summed E-state index contributed by atoms with van der Waals surface area (Å²) in [6, 6.07) is 2.01. The molecule has 0 aromatic carbocycles. The zero-order chi connectivity index (χ0) is 15.1. The predicted molar refractivity (Wildman–Crippen MR) is 82.0 cm³/mol. The number of hydrogen-bond donors (Lipinski definition) is 0. The highest BCUT2D eigenvalue weighted by Crippen LogP contribution is 2.39. The van der Waals surface area contributed by atoms with Crippen LogP contribution in [0.15, 0.2) is 10.6 Å². The number of nitrogens with zero attached hydrogens (tertiary/aromatic N) is 5. The second kappa shape index (κ2) is 5.34. The summed E-state index contributed by atoms with van der Waals surface area (Å²) < 4.78 is 5.39. The van der Waals surface area contributed by atoms with Crippen molar-refractivity contribution in [3.05, 3.63) is 29.2 Å². The number of rotatable bonds is 3. The van der Waals surface area contributed by atoms with E-state index in [2.05, 4.69) is 25.0 Å². The van der Waals surface area contributed by atoms with Crippen molar-refractivity contribution in [3.8, 4) is 0 Å². The van der Waals surface area contributed by atoms with Crippen LogP contribution in [0.3, 0.4) is 0 Å². The molecule has 1 saturated carbocycles. The van der Waals surface area contributed by atoms with Crippen molar-refractivity contribution in [2.24, 2.45) is 0 Å². The van der Waals surface area contributed by atoms with Gasteiger partial charge in [-0.25, -0.2) is 9.97 Å². The van der Waals surface area contributed by atoms with Crippen molar-refractivity contribution in [1.82, 2.24) is 20.1 Å². The van der Waals surface area contributed by atoms with Crippen LogP contribution in [0, 0.1) is 13.8 Å². The fourth-order valence-corrected chi connectivity index (χ4v) is 3.10. The monoisotopic (exact) mass is 299 g/mol. The zero-order valence-electron chi connectivity index (χ0n) is 13.1. The van der Waals surface area contributed by atoms with Crippen molar-refractivity contribution < 1.29 is 4.52 Å². The summed E-state index contributed by atoms with van der Waals surface area (Å²) in [5.41, 5.74) is 2.05.